The largest absolute Gasteiger partial charge is 0.454 e. The average molecular weight is 304 g/mol. The van der Waals surface area contributed by atoms with E-state index in [9.17, 15) is 9.59 Å². The number of nitrogens with zero attached hydrogens (tertiary/aromatic N) is 2. The molecule has 0 N–H and O–H groups in total. The van der Waals surface area contributed by atoms with E-state index in [0.29, 0.717) is 24.6 Å². The predicted octanol–water partition coefficient (Wildman–Crippen LogP) is 1.38. The number of ether oxygens (including phenoxy) is 2. The minimum Gasteiger partial charge on any atom is -0.454 e. The average Bonchev–Trinajstić information content (AvgIpc) is 3.15. The van der Waals surface area contributed by atoms with Gasteiger partial charge in [-0.25, -0.2) is 0 Å². The van der Waals surface area contributed by atoms with Crippen molar-refractivity contribution in [1.29, 1.82) is 0 Å². The number of benzene rings is 1. The highest BCUT2D eigenvalue weighted by molar-refractivity contribution is 5.87. The number of hydrogen-bond donors (Lipinski definition) is 0. The van der Waals surface area contributed by atoms with Gasteiger partial charge in [-0.1, -0.05) is 12.1 Å². The highest BCUT2D eigenvalue weighted by Gasteiger charge is 2.34. The highest BCUT2D eigenvalue weighted by atomic mass is 16.7. The van der Waals surface area contributed by atoms with Gasteiger partial charge in [-0.15, -0.1) is 0 Å². The number of carbonyl (C=O) groups is 2. The van der Waals surface area contributed by atoms with Crippen molar-refractivity contribution >= 4 is 11.8 Å². The molecule has 2 aliphatic heterocycles. The maximum Gasteiger partial charge on any atom is 0.245 e. The van der Waals surface area contributed by atoms with E-state index in [0.717, 1.165) is 18.4 Å². The smallest absolute Gasteiger partial charge is 0.245 e. The van der Waals surface area contributed by atoms with Crippen LogP contribution in [-0.2, 0) is 16.1 Å². The summed E-state index contributed by atoms with van der Waals surface area (Å²) >= 11 is 0. The van der Waals surface area contributed by atoms with Crippen LogP contribution in [-0.4, -0.2) is 48.0 Å². The Labute approximate surface area is 129 Å². The molecule has 6 nitrogen and oxygen atoms in total. The van der Waals surface area contributed by atoms with E-state index in [1.165, 1.54) is 6.92 Å². The minimum absolute atomic E-state index is 0.0239. The van der Waals surface area contributed by atoms with Crippen molar-refractivity contribution < 1.29 is 19.1 Å². The van der Waals surface area contributed by atoms with Gasteiger partial charge in [0.15, 0.2) is 11.5 Å². The van der Waals surface area contributed by atoms with Crippen molar-refractivity contribution in [3.05, 3.63) is 23.8 Å². The van der Waals surface area contributed by atoms with Gasteiger partial charge in [0, 0.05) is 32.6 Å². The maximum atomic E-state index is 12.6. The lowest BCUT2D eigenvalue weighted by molar-refractivity contribution is -0.142. The highest BCUT2D eigenvalue weighted by Crippen LogP contribution is 2.36. The number of likely N-dealkylation sites (tertiary alicyclic amines) is 1. The lowest BCUT2D eigenvalue weighted by Gasteiger charge is -2.27. The zero-order chi connectivity index (χ0) is 15.7. The molecule has 22 heavy (non-hydrogen) atoms. The van der Waals surface area contributed by atoms with Crippen LogP contribution in [0.1, 0.15) is 25.3 Å². The van der Waals surface area contributed by atoms with Gasteiger partial charge in [0.05, 0.1) is 0 Å². The molecule has 1 aromatic rings. The summed E-state index contributed by atoms with van der Waals surface area (Å²) in [6.45, 7) is 2.83. The first kappa shape index (κ1) is 14.7. The molecular formula is C16H20N2O4. The zero-order valence-corrected chi connectivity index (χ0v) is 12.9. The summed E-state index contributed by atoms with van der Waals surface area (Å²) in [5.41, 5.74) is 0.915. The topological polar surface area (TPSA) is 59.1 Å². The summed E-state index contributed by atoms with van der Waals surface area (Å²) in [6, 6.07) is 5.33. The van der Waals surface area contributed by atoms with Crippen molar-refractivity contribution in [2.75, 3.05) is 20.4 Å². The minimum atomic E-state index is -0.337. The Balaban J connectivity index is 1.72. The van der Waals surface area contributed by atoms with Crippen LogP contribution in [0.15, 0.2) is 18.2 Å². The van der Waals surface area contributed by atoms with Gasteiger partial charge >= 0.3 is 0 Å². The number of rotatable bonds is 3. The third kappa shape index (κ3) is 2.61. The zero-order valence-electron chi connectivity index (χ0n) is 12.9. The molecule has 3 rings (SSSR count). The van der Waals surface area contributed by atoms with Gasteiger partial charge in [0.2, 0.25) is 18.6 Å². The fourth-order valence-electron chi connectivity index (χ4n) is 3.10. The fourth-order valence-corrected chi connectivity index (χ4v) is 3.10. The van der Waals surface area contributed by atoms with Crippen LogP contribution in [0.4, 0.5) is 0 Å². The Morgan fingerprint density at radius 1 is 1.36 bits per heavy atom. The summed E-state index contributed by atoms with van der Waals surface area (Å²) in [4.78, 5) is 27.6. The Kier molecular flexibility index (Phi) is 3.92. The molecule has 1 aromatic carbocycles. The quantitative estimate of drug-likeness (QED) is 0.846. The first-order chi connectivity index (χ1) is 10.6. The molecule has 0 radical (unpaired) electrons. The summed E-state index contributed by atoms with van der Waals surface area (Å²) in [5.74, 6) is 1.35. The van der Waals surface area contributed by atoms with Gasteiger partial charge < -0.3 is 19.3 Å². The van der Waals surface area contributed by atoms with Gasteiger partial charge in [0.25, 0.3) is 0 Å². The fraction of sp³-hybridized carbons (Fsp3) is 0.500. The van der Waals surface area contributed by atoms with Crippen molar-refractivity contribution in [3.63, 3.8) is 0 Å². The van der Waals surface area contributed by atoms with Crippen LogP contribution < -0.4 is 9.47 Å². The summed E-state index contributed by atoms with van der Waals surface area (Å²) in [7, 11) is 1.76. The first-order valence-electron chi connectivity index (χ1n) is 7.47. The number of fused-ring (bicyclic) bond motifs is 1. The van der Waals surface area contributed by atoms with Crippen molar-refractivity contribution in [3.8, 4) is 11.5 Å². The Hall–Kier alpha value is -2.24. The number of para-hydroxylation sites is 1. The second kappa shape index (κ2) is 5.87. The molecule has 0 aromatic heterocycles. The summed E-state index contributed by atoms with van der Waals surface area (Å²) < 4.78 is 10.8. The van der Waals surface area contributed by atoms with Crippen molar-refractivity contribution in [2.45, 2.75) is 32.4 Å². The normalized spacial score (nSPS) is 19.4. The van der Waals surface area contributed by atoms with E-state index in [1.54, 1.807) is 16.8 Å². The molecule has 1 saturated heterocycles. The Morgan fingerprint density at radius 3 is 2.95 bits per heavy atom. The first-order valence-corrected chi connectivity index (χ1v) is 7.47. The van der Waals surface area contributed by atoms with Gasteiger partial charge in [-0.2, -0.15) is 0 Å². The van der Waals surface area contributed by atoms with Crippen LogP contribution in [0.5, 0.6) is 11.5 Å². The number of amides is 2. The molecule has 6 heteroatoms. The second-order valence-electron chi connectivity index (χ2n) is 5.72. The SMILES string of the molecule is CC(=O)N1CCCC1C(=O)N(C)Cc1cccc2c1OCO2. The summed E-state index contributed by atoms with van der Waals surface area (Å²) in [6.07, 6.45) is 1.61. The van der Waals surface area contributed by atoms with Crippen molar-refractivity contribution in [1.82, 2.24) is 9.80 Å². The second-order valence-corrected chi connectivity index (χ2v) is 5.72. The molecule has 0 aliphatic carbocycles. The number of likely N-dealkylation sites (N-methyl/N-ethyl adjacent to an activating group) is 1. The van der Waals surface area contributed by atoms with Gasteiger partial charge in [-0.05, 0) is 18.9 Å². The lowest BCUT2D eigenvalue weighted by Crippen LogP contribution is -2.45. The monoisotopic (exact) mass is 304 g/mol. The Bertz CT molecular complexity index is 602. The molecule has 2 heterocycles. The van der Waals surface area contributed by atoms with Crippen LogP contribution in [0.3, 0.4) is 0 Å². The summed E-state index contributed by atoms with van der Waals surface area (Å²) in [5, 5.41) is 0. The molecule has 0 spiro atoms. The van der Waals surface area contributed by atoms with Crippen LogP contribution in [0, 0.1) is 0 Å². The maximum absolute atomic E-state index is 12.6. The van der Waals surface area contributed by atoms with Gasteiger partial charge in [0.1, 0.15) is 6.04 Å². The molecule has 0 bridgehead atoms. The standard InChI is InChI=1S/C16H20N2O4/c1-11(19)18-8-4-6-13(18)16(20)17(2)9-12-5-3-7-14-15(12)22-10-21-14/h3,5,7,13H,4,6,8-10H2,1-2H3. The molecule has 1 unspecified atom stereocenters. The van der Waals surface area contributed by atoms with Gasteiger partial charge in [-0.3, -0.25) is 9.59 Å². The van der Waals surface area contributed by atoms with Crippen LogP contribution in [0.25, 0.3) is 0 Å². The van der Waals surface area contributed by atoms with E-state index in [2.05, 4.69) is 0 Å². The predicted molar refractivity (Wildman–Crippen MR) is 79.4 cm³/mol. The Morgan fingerprint density at radius 2 is 2.18 bits per heavy atom. The van der Waals surface area contributed by atoms with E-state index in [1.807, 2.05) is 18.2 Å². The third-order valence-corrected chi connectivity index (χ3v) is 4.20. The molecule has 1 atom stereocenters. The molecule has 2 aliphatic rings. The number of hydrogen-bond acceptors (Lipinski definition) is 4. The third-order valence-electron chi connectivity index (χ3n) is 4.20. The van der Waals surface area contributed by atoms with E-state index in [4.69, 9.17) is 9.47 Å². The van der Waals surface area contributed by atoms with E-state index in [-0.39, 0.29) is 24.6 Å². The van der Waals surface area contributed by atoms with E-state index >= 15 is 0 Å². The van der Waals surface area contributed by atoms with Crippen LogP contribution >= 0.6 is 0 Å². The van der Waals surface area contributed by atoms with E-state index < -0.39 is 0 Å². The van der Waals surface area contributed by atoms with Crippen molar-refractivity contribution in [2.24, 2.45) is 0 Å². The lowest BCUT2D eigenvalue weighted by atomic mass is 10.1. The van der Waals surface area contributed by atoms with Crippen LogP contribution in [0.2, 0.25) is 0 Å². The molecular weight excluding hydrogens is 284 g/mol. The molecule has 0 saturated carbocycles. The molecule has 2 amide bonds. The molecule has 118 valence electrons. The number of carbonyl (C=O) groups excluding carboxylic acids is 2. The molecule has 1 fully saturated rings.